The largest absolute Gasteiger partial charge is 0.342 e. The third kappa shape index (κ3) is 5.21. The molecular formula is C4H13ClNO3P. The minimum Gasteiger partial charge on any atom is -0.323 e. The maximum atomic E-state index is 10.3. The van der Waals surface area contributed by atoms with Crippen molar-refractivity contribution in [1.29, 1.82) is 0 Å². The molecule has 0 aromatic rings. The molecule has 0 bridgehead atoms. The van der Waals surface area contributed by atoms with E-state index in [-0.39, 0.29) is 12.4 Å². The van der Waals surface area contributed by atoms with Crippen LogP contribution in [0.3, 0.4) is 0 Å². The maximum Gasteiger partial charge on any atom is 0.342 e. The molecule has 0 radical (unpaired) electrons. The lowest BCUT2D eigenvalue weighted by molar-refractivity contribution is 0.355. The summed E-state index contributed by atoms with van der Waals surface area (Å²) in [5, 5.41) is 0. The second-order valence-electron chi connectivity index (χ2n) is 1.95. The van der Waals surface area contributed by atoms with E-state index in [4.69, 9.17) is 15.5 Å². The lowest BCUT2D eigenvalue weighted by Crippen LogP contribution is -2.19. The monoisotopic (exact) mass is 189 g/mol. The van der Waals surface area contributed by atoms with E-state index in [2.05, 4.69) is 0 Å². The Morgan fingerprint density at radius 2 is 2.00 bits per heavy atom. The first kappa shape index (κ1) is 13.0. The molecule has 0 aromatic carbocycles. The molecule has 10 heavy (non-hydrogen) atoms. The van der Waals surface area contributed by atoms with Crippen LogP contribution in [0.15, 0.2) is 0 Å². The smallest absolute Gasteiger partial charge is 0.323 e. The predicted molar refractivity (Wildman–Crippen MR) is 42.2 cm³/mol. The SMILES string of the molecule is CCCC(N)P(=O)(O)O.Cl. The molecule has 0 aliphatic carbocycles. The summed E-state index contributed by atoms with van der Waals surface area (Å²) >= 11 is 0. The Labute approximate surface area is 66.4 Å². The molecule has 1 unspecified atom stereocenters. The normalized spacial score (nSPS) is 14.0. The summed E-state index contributed by atoms with van der Waals surface area (Å²) in [5.74, 6) is -0.970. The maximum absolute atomic E-state index is 10.3. The zero-order valence-electron chi connectivity index (χ0n) is 5.73. The van der Waals surface area contributed by atoms with Crippen LogP contribution in [0, 0.1) is 0 Å². The number of hydrogen-bond acceptors (Lipinski definition) is 2. The first-order valence-corrected chi connectivity index (χ1v) is 4.47. The van der Waals surface area contributed by atoms with Gasteiger partial charge in [0, 0.05) is 0 Å². The van der Waals surface area contributed by atoms with Crippen molar-refractivity contribution < 1.29 is 14.4 Å². The second-order valence-corrected chi connectivity index (χ2v) is 3.79. The van der Waals surface area contributed by atoms with Crippen molar-refractivity contribution >= 4 is 20.0 Å². The molecule has 6 heteroatoms. The van der Waals surface area contributed by atoms with Gasteiger partial charge in [-0.15, -0.1) is 12.4 Å². The number of halogens is 1. The summed E-state index contributed by atoms with van der Waals surface area (Å²) in [7, 11) is -4.00. The zero-order chi connectivity index (χ0) is 7.49. The molecule has 64 valence electrons. The Morgan fingerprint density at radius 1 is 1.60 bits per heavy atom. The van der Waals surface area contributed by atoms with Gasteiger partial charge in [-0.2, -0.15) is 0 Å². The van der Waals surface area contributed by atoms with Crippen LogP contribution in [0.2, 0.25) is 0 Å². The van der Waals surface area contributed by atoms with E-state index in [1.165, 1.54) is 0 Å². The Bertz CT molecular complexity index is 126. The summed E-state index contributed by atoms with van der Waals surface area (Å²) in [5.41, 5.74) is 5.10. The van der Waals surface area contributed by atoms with Crippen molar-refractivity contribution in [3.8, 4) is 0 Å². The fourth-order valence-corrected chi connectivity index (χ4v) is 1.06. The molecular weight excluding hydrogens is 176 g/mol. The third-order valence-electron chi connectivity index (χ3n) is 1.02. The van der Waals surface area contributed by atoms with Gasteiger partial charge in [0.2, 0.25) is 0 Å². The second kappa shape index (κ2) is 5.10. The van der Waals surface area contributed by atoms with Crippen LogP contribution < -0.4 is 5.73 Å². The topological polar surface area (TPSA) is 83.6 Å². The summed E-state index contributed by atoms with van der Waals surface area (Å²) in [6, 6.07) is 0. The van der Waals surface area contributed by atoms with Crippen molar-refractivity contribution in [2.24, 2.45) is 5.73 Å². The van der Waals surface area contributed by atoms with E-state index in [9.17, 15) is 4.57 Å². The van der Waals surface area contributed by atoms with E-state index in [0.29, 0.717) is 12.8 Å². The third-order valence-corrected chi connectivity index (χ3v) is 2.14. The first-order valence-electron chi connectivity index (χ1n) is 2.79. The molecule has 0 aromatic heterocycles. The highest BCUT2D eigenvalue weighted by atomic mass is 35.5. The molecule has 4 nitrogen and oxygen atoms in total. The molecule has 0 heterocycles. The molecule has 0 spiro atoms. The van der Waals surface area contributed by atoms with Gasteiger partial charge in [-0.1, -0.05) is 13.3 Å². The van der Waals surface area contributed by atoms with Gasteiger partial charge in [-0.05, 0) is 6.42 Å². The highest BCUT2D eigenvalue weighted by molar-refractivity contribution is 7.52. The van der Waals surface area contributed by atoms with Gasteiger partial charge in [-0.3, -0.25) is 4.57 Å². The van der Waals surface area contributed by atoms with E-state index in [1.54, 1.807) is 0 Å². The molecule has 0 fully saturated rings. The highest BCUT2D eigenvalue weighted by Crippen LogP contribution is 2.39. The average molecular weight is 190 g/mol. The van der Waals surface area contributed by atoms with Gasteiger partial charge in [-0.25, -0.2) is 0 Å². The van der Waals surface area contributed by atoms with Crippen LogP contribution in [0.25, 0.3) is 0 Å². The van der Waals surface area contributed by atoms with Crippen molar-refractivity contribution in [2.45, 2.75) is 25.5 Å². The van der Waals surface area contributed by atoms with Crippen LogP contribution in [0.1, 0.15) is 19.8 Å². The first-order chi connectivity index (χ1) is 3.98. The van der Waals surface area contributed by atoms with Crippen molar-refractivity contribution in [3.63, 3.8) is 0 Å². The van der Waals surface area contributed by atoms with Gasteiger partial charge in [0.1, 0.15) is 5.78 Å². The predicted octanol–water partition coefficient (Wildman–Crippen LogP) is 0.671. The number of rotatable bonds is 3. The molecule has 0 saturated carbocycles. The van der Waals surface area contributed by atoms with Gasteiger partial charge in [0.15, 0.2) is 0 Å². The van der Waals surface area contributed by atoms with Crippen LogP contribution in [-0.4, -0.2) is 15.6 Å². The zero-order valence-corrected chi connectivity index (χ0v) is 7.44. The minimum absolute atomic E-state index is 0. The van der Waals surface area contributed by atoms with E-state index >= 15 is 0 Å². The molecule has 0 aliphatic rings. The van der Waals surface area contributed by atoms with Crippen LogP contribution >= 0.6 is 20.0 Å². The van der Waals surface area contributed by atoms with Crippen molar-refractivity contribution in [2.75, 3.05) is 0 Å². The van der Waals surface area contributed by atoms with E-state index in [1.807, 2.05) is 6.92 Å². The fourth-order valence-electron chi connectivity index (χ4n) is 0.464. The summed E-state index contributed by atoms with van der Waals surface area (Å²) < 4.78 is 10.3. The number of hydrogen-bond donors (Lipinski definition) is 3. The Morgan fingerprint density at radius 3 is 2.10 bits per heavy atom. The molecule has 0 saturated heterocycles. The Balaban J connectivity index is 0. The van der Waals surface area contributed by atoms with Gasteiger partial charge < -0.3 is 15.5 Å². The molecule has 1 atom stereocenters. The van der Waals surface area contributed by atoms with E-state index in [0.717, 1.165) is 0 Å². The lowest BCUT2D eigenvalue weighted by atomic mass is 10.3. The van der Waals surface area contributed by atoms with Gasteiger partial charge in [0.05, 0.1) is 0 Å². The van der Waals surface area contributed by atoms with E-state index < -0.39 is 13.4 Å². The molecule has 0 amide bonds. The summed E-state index contributed by atoms with van der Waals surface area (Å²) in [6.45, 7) is 1.83. The van der Waals surface area contributed by atoms with Gasteiger partial charge >= 0.3 is 7.60 Å². The molecule has 0 aliphatic heterocycles. The summed E-state index contributed by atoms with van der Waals surface area (Å²) in [4.78, 5) is 16.8. The fraction of sp³-hybridized carbons (Fsp3) is 1.00. The van der Waals surface area contributed by atoms with Gasteiger partial charge in [0.25, 0.3) is 0 Å². The summed E-state index contributed by atoms with van der Waals surface area (Å²) in [6.07, 6.45) is 1.08. The standard InChI is InChI=1S/C4H12NO3P.ClH/c1-2-3-4(5)9(6,7)8;/h4H,2-3,5H2,1H3,(H2,6,7,8);1H. The van der Waals surface area contributed by atoms with Crippen LogP contribution in [-0.2, 0) is 4.57 Å². The minimum atomic E-state index is -4.00. The lowest BCUT2D eigenvalue weighted by Gasteiger charge is -2.10. The highest BCUT2D eigenvalue weighted by Gasteiger charge is 2.22. The number of nitrogens with two attached hydrogens (primary N) is 1. The Kier molecular flexibility index (Phi) is 6.65. The van der Waals surface area contributed by atoms with Crippen molar-refractivity contribution in [3.05, 3.63) is 0 Å². The average Bonchev–Trinajstić information content (AvgIpc) is 1.64. The van der Waals surface area contributed by atoms with Crippen LogP contribution in [0.4, 0.5) is 0 Å². The Hall–Kier alpha value is 0.400. The van der Waals surface area contributed by atoms with Crippen molar-refractivity contribution in [1.82, 2.24) is 0 Å². The van der Waals surface area contributed by atoms with Crippen LogP contribution in [0.5, 0.6) is 0 Å². The molecule has 0 rings (SSSR count). The quantitative estimate of drug-likeness (QED) is 0.570. The molecule has 4 N–H and O–H groups in total.